The van der Waals surface area contributed by atoms with Gasteiger partial charge in [-0.2, -0.15) is 13.2 Å². The quantitative estimate of drug-likeness (QED) is 0.312. The van der Waals surface area contributed by atoms with E-state index in [1.54, 1.807) is 12.1 Å². The van der Waals surface area contributed by atoms with Gasteiger partial charge < -0.3 is 0 Å². The summed E-state index contributed by atoms with van der Waals surface area (Å²) in [5.74, 6) is 0. The molecule has 0 aliphatic rings. The van der Waals surface area contributed by atoms with Crippen LogP contribution in [0.15, 0.2) is 36.9 Å². The largest absolute Gasteiger partial charge is 0.416 e. The normalized spacial score (nSPS) is 11.9. The van der Waals surface area contributed by atoms with Gasteiger partial charge in [-0.05, 0) is 30.7 Å². The summed E-state index contributed by atoms with van der Waals surface area (Å²) in [6.07, 6.45) is 6.39. The molecule has 0 spiro atoms. The van der Waals surface area contributed by atoms with E-state index in [4.69, 9.17) is 0 Å². The molecule has 0 aliphatic heterocycles. The minimum Gasteiger partial charge on any atom is -0.295 e. The molecule has 0 bridgehead atoms. The average Bonchev–Trinajstić information content (AvgIpc) is 2.54. The Balaban J connectivity index is 2.38. The molecule has 4 heteroatoms. The van der Waals surface area contributed by atoms with Gasteiger partial charge in [0.25, 0.3) is 0 Å². The Bertz CT molecular complexity index is 451. The van der Waals surface area contributed by atoms with E-state index in [2.05, 4.69) is 18.4 Å². The maximum Gasteiger partial charge on any atom is 0.416 e. The van der Waals surface area contributed by atoms with Crippen LogP contribution in [0.4, 0.5) is 13.2 Å². The fraction of sp³-hybridized carbons (Fsp3) is 0.600. The van der Waals surface area contributed by atoms with Gasteiger partial charge in [-0.3, -0.25) is 4.90 Å². The second-order valence-electron chi connectivity index (χ2n) is 6.34. The minimum absolute atomic E-state index is 0.589. The number of alkyl halides is 3. The Morgan fingerprint density at radius 3 is 2.08 bits per heavy atom. The minimum atomic E-state index is -4.27. The Kier molecular flexibility index (Phi) is 9.77. The van der Waals surface area contributed by atoms with Gasteiger partial charge in [0.2, 0.25) is 0 Å². The zero-order valence-corrected chi connectivity index (χ0v) is 14.7. The Morgan fingerprint density at radius 1 is 0.958 bits per heavy atom. The molecule has 0 unspecified atom stereocenters. The van der Waals surface area contributed by atoms with Crippen molar-refractivity contribution < 1.29 is 13.2 Å². The van der Waals surface area contributed by atoms with Crippen LogP contribution >= 0.6 is 0 Å². The fourth-order valence-electron chi connectivity index (χ4n) is 2.77. The van der Waals surface area contributed by atoms with E-state index < -0.39 is 11.7 Å². The lowest BCUT2D eigenvalue weighted by atomic mass is 10.1. The molecule has 0 heterocycles. The lowest BCUT2D eigenvalue weighted by Crippen LogP contribution is -2.24. The number of rotatable bonds is 12. The predicted octanol–water partition coefficient (Wildman–Crippen LogP) is 6.44. The van der Waals surface area contributed by atoms with Crippen molar-refractivity contribution >= 4 is 0 Å². The van der Waals surface area contributed by atoms with E-state index in [-0.39, 0.29) is 0 Å². The van der Waals surface area contributed by atoms with Crippen molar-refractivity contribution in [2.24, 2.45) is 0 Å². The summed E-state index contributed by atoms with van der Waals surface area (Å²) in [6, 6.07) is 5.47. The van der Waals surface area contributed by atoms with E-state index >= 15 is 0 Å². The highest BCUT2D eigenvalue weighted by Gasteiger charge is 2.29. The predicted molar refractivity (Wildman–Crippen MR) is 94.9 cm³/mol. The Labute approximate surface area is 144 Å². The molecule has 1 nitrogen and oxygen atoms in total. The SMILES string of the molecule is C=CCN(CCCCCCCCC)Cc1ccc(C(F)(F)F)cc1. The van der Waals surface area contributed by atoms with Crippen LogP contribution in [0.25, 0.3) is 0 Å². The summed E-state index contributed by atoms with van der Waals surface area (Å²) in [4.78, 5) is 2.24. The number of hydrogen-bond donors (Lipinski definition) is 0. The van der Waals surface area contributed by atoms with E-state index in [1.165, 1.54) is 38.5 Å². The summed E-state index contributed by atoms with van der Waals surface area (Å²) >= 11 is 0. The fourth-order valence-corrected chi connectivity index (χ4v) is 2.77. The molecule has 0 saturated heterocycles. The van der Waals surface area contributed by atoms with Crippen LogP contribution in [-0.4, -0.2) is 18.0 Å². The highest BCUT2D eigenvalue weighted by Crippen LogP contribution is 2.29. The molecule has 0 atom stereocenters. The highest BCUT2D eigenvalue weighted by atomic mass is 19.4. The lowest BCUT2D eigenvalue weighted by molar-refractivity contribution is -0.137. The smallest absolute Gasteiger partial charge is 0.295 e. The molecule has 0 fully saturated rings. The van der Waals surface area contributed by atoms with Crippen LogP contribution in [0.1, 0.15) is 63.0 Å². The monoisotopic (exact) mass is 341 g/mol. The number of hydrogen-bond acceptors (Lipinski definition) is 1. The van der Waals surface area contributed by atoms with Crippen LogP contribution in [0, 0.1) is 0 Å². The highest BCUT2D eigenvalue weighted by molar-refractivity contribution is 5.24. The Hall–Kier alpha value is -1.29. The van der Waals surface area contributed by atoms with Crippen molar-refractivity contribution in [1.82, 2.24) is 4.90 Å². The average molecular weight is 341 g/mol. The van der Waals surface area contributed by atoms with Crippen molar-refractivity contribution in [3.05, 3.63) is 48.0 Å². The van der Waals surface area contributed by atoms with Gasteiger partial charge in [-0.1, -0.05) is 63.7 Å². The summed E-state index contributed by atoms with van der Waals surface area (Å²) in [5.41, 5.74) is 0.321. The van der Waals surface area contributed by atoms with Gasteiger partial charge >= 0.3 is 6.18 Å². The van der Waals surface area contributed by atoms with Gasteiger partial charge in [0.15, 0.2) is 0 Å². The van der Waals surface area contributed by atoms with Crippen molar-refractivity contribution in [1.29, 1.82) is 0 Å². The first-order valence-electron chi connectivity index (χ1n) is 8.96. The van der Waals surface area contributed by atoms with Gasteiger partial charge in [-0.25, -0.2) is 0 Å². The number of halogens is 3. The Morgan fingerprint density at radius 2 is 1.54 bits per heavy atom. The zero-order valence-electron chi connectivity index (χ0n) is 14.7. The maximum atomic E-state index is 12.6. The first-order valence-corrected chi connectivity index (χ1v) is 8.96. The van der Waals surface area contributed by atoms with Crippen molar-refractivity contribution in [2.45, 2.75) is 64.6 Å². The van der Waals surface area contributed by atoms with Crippen LogP contribution in [0.5, 0.6) is 0 Å². The van der Waals surface area contributed by atoms with Crippen LogP contribution in [0.2, 0.25) is 0 Å². The first kappa shape index (κ1) is 20.8. The van der Waals surface area contributed by atoms with E-state index in [0.29, 0.717) is 6.54 Å². The molecule has 1 rings (SSSR count). The third-order valence-corrected chi connectivity index (χ3v) is 4.15. The molecule has 0 saturated carbocycles. The molecule has 0 aromatic heterocycles. The molecule has 0 radical (unpaired) electrons. The third-order valence-electron chi connectivity index (χ3n) is 4.15. The molecule has 0 aliphatic carbocycles. The molecule has 0 amide bonds. The van der Waals surface area contributed by atoms with E-state index in [9.17, 15) is 13.2 Å². The zero-order chi connectivity index (χ0) is 17.8. The standard InChI is InChI=1S/C20H30F3N/c1-3-5-6-7-8-9-10-16-24(15-4-2)17-18-11-13-19(14-12-18)20(21,22)23/h4,11-14H,2-3,5-10,15-17H2,1H3. The topological polar surface area (TPSA) is 3.24 Å². The number of benzene rings is 1. The lowest BCUT2D eigenvalue weighted by Gasteiger charge is -2.21. The van der Waals surface area contributed by atoms with Crippen molar-refractivity contribution in [3.8, 4) is 0 Å². The summed E-state index contributed by atoms with van der Waals surface area (Å²) in [7, 11) is 0. The van der Waals surface area contributed by atoms with Gasteiger partial charge in [0.1, 0.15) is 0 Å². The molecule has 136 valence electrons. The molecular weight excluding hydrogens is 311 g/mol. The van der Waals surface area contributed by atoms with Gasteiger partial charge in [0, 0.05) is 13.1 Å². The summed E-state index contributed by atoms with van der Waals surface area (Å²) in [5, 5.41) is 0. The summed E-state index contributed by atoms with van der Waals surface area (Å²) < 4.78 is 37.8. The van der Waals surface area contributed by atoms with Gasteiger partial charge in [0.05, 0.1) is 5.56 Å². The molecule has 1 aromatic carbocycles. The number of nitrogens with zero attached hydrogens (tertiary/aromatic N) is 1. The van der Waals surface area contributed by atoms with E-state index in [1.807, 2.05) is 6.08 Å². The van der Waals surface area contributed by atoms with Crippen LogP contribution in [0.3, 0.4) is 0 Å². The first-order chi connectivity index (χ1) is 11.5. The third kappa shape index (κ3) is 8.53. The van der Waals surface area contributed by atoms with Crippen LogP contribution in [-0.2, 0) is 12.7 Å². The summed E-state index contributed by atoms with van der Waals surface area (Å²) in [6.45, 7) is 8.38. The van der Waals surface area contributed by atoms with Crippen LogP contribution < -0.4 is 0 Å². The molecular formula is C20H30F3N. The number of unbranched alkanes of at least 4 members (excludes halogenated alkanes) is 6. The second-order valence-corrected chi connectivity index (χ2v) is 6.34. The van der Waals surface area contributed by atoms with Crippen molar-refractivity contribution in [2.75, 3.05) is 13.1 Å². The van der Waals surface area contributed by atoms with Gasteiger partial charge in [-0.15, -0.1) is 6.58 Å². The molecule has 24 heavy (non-hydrogen) atoms. The van der Waals surface area contributed by atoms with E-state index in [0.717, 1.165) is 37.2 Å². The molecule has 0 N–H and O–H groups in total. The second kappa shape index (κ2) is 11.3. The molecule has 1 aromatic rings. The maximum absolute atomic E-state index is 12.6. The van der Waals surface area contributed by atoms with Crippen molar-refractivity contribution in [3.63, 3.8) is 0 Å².